The molecule has 0 amide bonds. The monoisotopic (exact) mass is 220 g/mol. The van der Waals surface area contributed by atoms with E-state index in [4.69, 9.17) is 5.73 Å². The van der Waals surface area contributed by atoms with Crippen molar-refractivity contribution in [2.45, 2.75) is 39.2 Å². The Morgan fingerprint density at radius 3 is 2.44 bits per heavy atom. The van der Waals surface area contributed by atoms with Crippen molar-refractivity contribution in [2.75, 3.05) is 18.0 Å². The number of unbranched alkanes of at least 4 members (excludes halogenated alkanes) is 1. The standard InChI is InChI=1S/C14H24N2/c1-3-4-11-16(12-10-13(2)15)14-8-6-5-7-9-14/h5-9,13H,3-4,10-12,15H2,1-2H3. The molecule has 0 aliphatic heterocycles. The van der Waals surface area contributed by atoms with E-state index in [1.807, 2.05) is 0 Å². The van der Waals surface area contributed by atoms with Gasteiger partial charge in [-0.15, -0.1) is 0 Å². The summed E-state index contributed by atoms with van der Waals surface area (Å²) < 4.78 is 0. The van der Waals surface area contributed by atoms with Gasteiger partial charge in [0.2, 0.25) is 0 Å². The Kier molecular flexibility index (Phi) is 5.94. The van der Waals surface area contributed by atoms with Gasteiger partial charge in [0, 0.05) is 24.8 Å². The SMILES string of the molecule is CCCCN(CCC(C)N)c1ccccc1. The molecular weight excluding hydrogens is 196 g/mol. The van der Waals surface area contributed by atoms with Gasteiger partial charge in [0.1, 0.15) is 0 Å². The molecule has 0 radical (unpaired) electrons. The second-order valence-electron chi connectivity index (χ2n) is 4.44. The number of hydrogen-bond donors (Lipinski definition) is 1. The zero-order valence-corrected chi connectivity index (χ0v) is 10.5. The summed E-state index contributed by atoms with van der Waals surface area (Å²) in [5.41, 5.74) is 7.14. The van der Waals surface area contributed by atoms with Crippen LogP contribution in [-0.4, -0.2) is 19.1 Å². The number of hydrogen-bond acceptors (Lipinski definition) is 2. The molecule has 0 saturated heterocycles. The second-order valence-corrected chi connectivity index (χ2v) is 4.44. The van der Waals surface area contributed by atoms with E-state index in [9.17, 15) is 0 Å². The third-order valence-electron chi connectivity index (χ3n) is 2.76. The first kappa shape index (κ1) is 13.0. The second kappa shape index (κ2) is 7.29. The molecule has 1 unspecified atom stereocenters. The fraction of sp³-hybridized carbons (Fsp3) is 0.571. The van der Waals surface area contributed by atoms with Gasteiger partial charge in [0.15, 0.2) is 0 Å². The first-order valence-corrected chi connectivity index (χ1v) is 6.29. The predicted octanol–water partition coefficient (Wildman–Crippen LogP) is 3.03. The summed E-state index contributed by atoms with van der Waals surface area (Å²) in [6.07, 6.45) is 3.54. The summed E-state index contributed by atoms with van der Waals surface area (Å²) in [5.74, 6) is 0. The molecule has 1 aromatic rings. The molecule has 0 aromatic heterocycles. The predicted molar refractivity (Wildman–Crippen MR) is 71.8 cm³/mol. The highest BCUT2D eigenvalue weighted by Gasteiger charge is 2.06. The molecule has 2 nitrogen and oxygen atoms in total. The molecule has 0 aliphatic rings. The maximum atomic E-state index is 5.82. The van der Waals surface area contributed by atoms with Crippen LogP contribution in [0.1, 0.15) is 33.1 Å². The quantitative estimate of drug-likeness (QED) is 0.765. The van der Waals surface area contributed by atoms with Crippen molar-refractivity contribution < 1.29 is 0 Å². The van der Waals surface area contributed by atoms with Gasteiger partial charge in [-0.2, -0.15) is 0 Å². The first-order chi connectivity index (χ1) is 7.74. The Morgan fingerprint density at radius 2 is 1.88 bits per heavy atom. The Hall–Kier alpha value is -1.02. The average molecular weight is 220 g/mol. The summed E-state index contributed by atoms with van der Waals surface area (Å²) in [4.78, 5) is 2.44. The molecule has 2 N–H and O–H groups in total. The molecule has 2 heteroatoms. The van der Waals surface area contributed by atoms with Crippen molar-refractivity contribution in [1.82, 2.24) is 0 Å². The van der Waals surface area contributed by atoms with Crippen LogP contribution in [-0.2, 0) is 0 Å². The van der Waals surface area contributed by atoms with Crippen LogP contribution in [0.3, 0.4) is 0 Å². The highest BCUT2D eigenvalue weighted by atomic mass is 15.1. The number of anilines is 1. The van der Waals surface area contributed by atoms with Gasteiger partial charge in [-0.25, -0.2) is 0 Å². The van der Waals surface area contributed by atoms with E-state index >= 15 is 0 Å². The largest absolute Gasteiger partial charge is 0.371 e. The van der Waals surface area contributed by atoms with Crippen LogP contribution in [0.5, 0.6) is 0 Å². The molecule has 1 rings (SSSR count). The van der Waals surface area contributed by atoms with Crippen LogP contribution in [0, 0.1) is 0 Å². The molecule has 16 heavy (non-hydrogen) atoms. The lowest BCUT2D eigenvalue weighted by atomic mass is 10.2. The zero-order chi connectivity index (χ0) is 11.8. The van der Waals surface area contributed by atoms with Crippen molar-refractivity contribution in [3.05, 3.63) is 30.3 Å². The normalized spacial score (nSPS) is 12.4. The van der Waals surface area contributed by atoms with Crippen LogP contribution in [0.2, 0.25) is 0 Å². The van der Waals surface area contributed by atoms with E-state index in [0.717, 1.165) is 19.5 Å². The first-order valence-electron chi connectivity index (χ1n) is 6.29. The van der Waals surface area contributed by atoms with Crippen LogP contribution < -0.4 is 10.6 Å². The summed E-state index contributed by atoms with van der Waals surface area (Å²) in [6.45, 7) is 6.49. The maximum Gasteiger partial charge on any atom is 0.0366 e. The van der Waals surface area contributed by atoms with Gasteiger partial charge in [-0.05, 0) is 31.9 Å². The van der Waals surface area contributed by atoms with E-state index in [0.29, 0.717) is 0 Å². The Bertz CT molecular complexity index is 269. The molecule has 0 heterocycles. The fourth-order valence-electron chi connectivity index (χ4n) is 1.72. The van der Waals surface area contributed by atoms with Crippen molar-refractivity contribution in [3.63, 3.8) is 0 Å². The van der Waals surface area contributed by atoms with E-state index in [2.05, 4.69) is 49.1 Å². The summed E-state index contributed by atoms with van der Waals surface area (Å²) in [6, 6.07) is 10.9. The van der Waals surface area contributed by atoms with Crippen molar-refractivity contribution in [3.8, 4) is 0 Å². The Balaban J connectivity index is 2.56. The minimum Gasteiger partial charge on any atom is -0.371 e. The molecule has 0 saturated carbocycles. The topological polar surface area (TPSA) is 29.3 Å². The van der Waals surface area contributed by atoms with Gasteiger partial charge < -0.3 is 10.6 Å². The average Bonchev–Trinajstić information content (AvgIpc) is 2.30. The molecule has 0 aliphatic carbocycles. The number of rotatable bonds is 7. The van der Waals surface area contributed by atoms with E-state index < -0.39 is 0 Å². The highest BCUT2D eigenvalue weighted by Crippen LogP contribution is 2.14. The van der Waals surface area contributed by atoms with E-state index in [1.165, 1.54) is 18.5 Å². The van der Waals surface area contributed by atoms with Gasteiger partial charge in [-0.1, -0.05) is 31.5 Å². The number of benzene rings is 1. The third-order valence-corrected chi connectivity index (χ3v) is 2.76. The van der Waals surface area contributed by atoms with Gasteiger partial charge in [0.05, 0.1) is 0 Å². The van der Waals surface area contributed by atoms with Gasteiger partial charge in [0.25, 0.3) is 0 Å². The highest BCUT2D eigenvalue weighted by molar-refractivity contribution is 5.45. The van der Waals surface area contributed by atoms with E-state index in [1.54, 1.807) is 0 Å². The minimum atomic E-state index is 0.285. The minimum absolute atomic E-state index is 0.285. The lowest BCUT2D eigenvalue weighted by Crippen LogP contribution is -2.30. The third kappa shape index (κ3) is 4.67. The van der Waals surface area contributed by atoms with Gasteiger partial charge in [-0.3, -0.25) is 0 Å². The zero-order valence-electron chi connectivity index (χ0n) is 10.5. The van der Waals surface area contributed by atoms with Crippen molar-refractivity contribution in [1.29, 1.82) is 0 Å². The molecule has 0 bridgehead atoms. The van der Waals surface area contributed by atoms with Crippen LogP contribution in [0.4, 0.5) is 5.69 Å². The molecular formula is C14H24N2. The lowest BCUT2D eigenvalue weighted by molar-refractivity contribution is 0.623. The fourth-order valence-corrected chi connectivity index (χ4v) is 1.72. The molecule has 1 aromatic carbocycles. The van der Waals surface area contributed by atoms with E-state index in [-0.39, 0.29) is 6.04 Å². The smallest absolute Gasteiger partial charge is 0.0366 e. The molecule has 1 atom stereocenters. The Labute approximate surface area is 99.5 Å². The van der Waals surface area contributed by atoms with Gasteiger partial charge >= 0.3 is 0 Å². The number of nitrogens with zero attached hydrogens (tertiary/aromatic N) is 1. The van der Waals surface area contributed by atoms with Crippen molar-refractivity contribution in [2.24, 2.45) is 5.73 Å². The van der Waals surface area contributed by atoms with Crippen LogP contribution >= 0.6 is 0 Å². The summed E-state index contributed by atoms with van der Waals surface area (Å²) >= 11 is 0. The van der Waals surface area contributed by atoms with Crippen LogP contribution in [0.25, 0.3) is 0 Å². The summed E-state index contributed by atoms with van der Waals surface area (Å²) in [5, 5.41) is 0. The summed E-state index contributed by atoms with van der Waals surface area (Å²) in [7, 11) is 0. The molecule has 90 valence electrons. The molecule has 0 spiro atoms. The van der Waals surface area contributed by atoms with Crippen LogP contribution in [0.15, 0.2) is 30.3 Å². The number of nitrogens with two attached hydrogens (primary N) is 1. The molecule has 0 fully saturated rings. The number of para-hydroxylation sites is 1. The van der Waals surface area contributed by atoms with Crippen molar-refractivity contribution >= 4 is 5.69 Å². The lowest BCUT2D eigenvalue weighted by Gasteiger charge is -2.25. The Morgan fingerprint density at radius 1 is 1.19 bits per heavy atom. The maximum absolute atomic E-state index is 5.82.